The second-order valence-corrected chi connectivity index (χ2v) is 8.55. The normalized spacial score (nSPS) is 12.9. The van der Waals surface area contributed by atoms with Gasteiger partial charge in [-0.05, 0) is 36.8 Å². The standard InChI is InChI=1S/C26H25ClN4O3/c1-16-12-21(26(33)30-24-9-8-19(27)15-29-24)20(23(13-16)34-3)14-22(32)17-4-6-18(7-5-17)25-28-10-11-31(25)2/h4-9,12-13,15H,10-11,14H2,1-3H3,(H,29,30,33). The molecule has 1 N–H and O–H groups in total. The summed E-state index contributed by atoms with van der Waals surface area (Å²) in [6.07, 6.45) is 1.47. The van der Waals surface area contributed by atoms with Gasteiger partial charge >= 0.3 is 0 Å². The molecular weight excluding hydrogens is 452 g/mol. The van der Waals surface area contributed by atoms with Crippen LogP contribution in [-0.2, 0) is 6.42 Å². The predicted octanol–water partition coefficient (Wildman–Crippen LogP) is 4.42. The highest BCUT2D eigenvalue weighted by Gasteiger charge is 2.21. The van der Waals surface area contributed by atoms with E-state index in [4.69, 9.17) is 16.3 Å². The first-order valence-electron chi connectivity index (χ1n) is 10.9. The van der Waals surface area contributed by atoms with Crippen molar-refractivity contribution < 1.29 is 14.3 Å². The fourth-order valence-corrected chi connectivity index (χ4v) is 4.01. The number of halogens is 1. The van der Waals surface area contributed by atoms with Crippen LogP contribution < -0.4 is 10.1 Å². The van der Waals surface area contributed by atoms with Crippen molar-refractivity contribution in [3.05, 3.63) is 87.6 Å². The number of ether oxygens (including phenoxy) is 1. The molecule has 7 nitrogen and oxygen atoms in total. The van der Waals surface area contributed by atoms with Gasteiger partial charge in [-0.25, -0.2) is 4.98 Å². The number of ketones is 1. The molecule has 1 aliphatic rings. The van der Waals surface area contributed by atoms with Crippen LogP contribution in [0.2, 0.25) is 5.02 Å². The molecule has 0 saturated heterocycles. The Morgan fingerprint density at radius 1 is 1.15 bits per heavy atom. The Balaban J connectivity index is 1.59. The summed E-state index contributed by atoms with van der Waals surface area (Å²) in [6, 6.07) is 14.2. The molecule has 34 heavy (non-hydrogen) atoms. The number of aromatic nitrogens is 1. The molecule has 2 heterocycles. The van der Waals surface area contributed by atoms with Gasteiger partial charge in [-0.3, -0.25) is 14.6 Å². The number of aryl methyl sites for hydroxylation is 1. The Kier molecular flexibility index (Phi) is 6.93. The van der Waals surface area contributed by atoms with E-state index in [0.717, 1.165) is 30.1 Å². The number of amidine groups is 1. The van der Waals surface area contributed by atoms with Crippen LogP contribution in [0.5, 0.6) is 5.75 Å². The van der Waals surface area contributed by atoms with Crippen LogP contribution in [0.15, 0.2) is 59.7 Å². The Bertz CT molecular complexity index is 1250. The zero-order valence-electron chi connectivity index (χ0n) is 19.3. The number of hydrogen-bond acceptors (Lipinski definition) is 6. The highest BCUT2D eigenvalue weighted by atomic mass is 35.5. The Morgan fingerprint density at radius 2 is 1.91 bits per heavy atom. The van der Waals surface area contributed by atoms with Crippen molar-refractivity contribution in [2.75, 3.05) is 32.6 Å². The molecule has 0 atom stereocenters. The molecule has 4 rings (SSSR count). The molecule has 1 aromatic heterocycles. The van der Waals surface area contributed by atoms with Crippen LogP contribution in [-0.4, -0.2) is 54.7 Å². The number of methoxy groups -OCH3 is 1. The van der Waals surface area contributed by atoms with Crippen LogP contribution >= 0.6 is 11.6 Å². The lowest BCUT2D eigenvalue weighted by molar-refractivity contribution is 0.0991. The van der Waals surface area contributed by atoms with Crippen molar-refractivity contribution in [1.29, 1.82) is 0 Å². The van der Waals surface area contributed by atoms with Gasteiger partial charge < -0.3 is 15.0 Å². The van der Waals surface area contributed by atoms with E-state index in [0.29, 0.717) is 33.3 Å². The number of carbonyl (C=O) groups is 2. The molecule has 0 radical (unpaired) electrons. The minimum absolute atomic E-state index is 0.0143. The van der Waals surface area contributed by atoms with Crippen LogP contribution in [0.25, 0.3) is 0 Å². The predicted molar refractivity (Wildman–Crippen MR) is 133 cm³/mol. The second-order valence-electron chi connectivity index (χ2n) is 8.11. The molecule has 8 heteroatoms. The lowest BCUT2D eigenvalue weighted by Crippen LogP contribution is -2.23. The number of carbonyl (C=O) groups excluding carboxylic acids is 2. The van der Waals surface area contributed by atoms with Crippen molar-refractivity contribution in [2.45, 2.75) is 13.3 Å². The minimum Gasteiger partial charge on any atom is -0.496 e. The van der Waals surface area contributed by atoms with Gasteiger partial charge in [0, 0.05) is 48.5 Å². The van der Waals surface area contributed by atoms with E-state index in [1.807, 2.05) is 32.2 Å². The van der Waals surface area contributed by atoms with Gasteiger partial charge in [0.15, 0.2) is 5.78 Å². The molecule has 0 bridgehead atoms. The third-order valence-electron chi connectivity index (χ3n) is 5.65. The van der Waals surface area contributed by atoms with Crippen molar-refractivity contribution in [2.24, 2.45) is 4.99 Å². The number of Topliss-reactive ketones (excluding diaryl/α,β-unsaturated/α-hetero) is 1. The number of pyridine rings is 1. The first-order valence-corrected chi connectivity index (χ1v) is 11.2. The zero-order valence-corrected chi connectivity index (χ0v) is 20.0. The van der Waals surface area contributed by atoms with Crippen molar-refractivity contribution in [1.82, 2.24) is 9.88 Å². The van der Waals surface area contributed by atoms with E-state index in [9.17, 15) is 9.59 Å². The molecular formula is C26H25ClN4O3. The summed E-state index contributed by atoms with van der Waals surface area (Å²) in [4.78, 5) is 37.0. The number of amides is 1. The fourth-order valence-electron chi connectivity index (χ4n) is 3.90. The smallest absolute Gasteiger partial charge is 0.257 e. The number of nitrogens with one attached hydrogen (secondary N) is 1. The van der Waals surface area contributed by atoms with Gasteiger partial charge in [-0.15, -0.1) is 0 Å². The second kappa shape index (κ2) is 10.1. The van der Waals surface area contributed by atoms with Gasteiger partial charge in [0.05, 0.1) is 18.7 Å². The van der Waals surface area contributed by atoms with Crippen LogP contribution in [0.1, 0.15) is 37.4 Å². The fraction of sp³-hybridized carbons (Fsp3) is 0.231. The summed E-state index contributed by atoms with van der Waals surface area (Å²) in [5.74, 6) is 1.28. The maximum absolute atomic E-state index is 13.2. The Labute approximate surface area is 203 Å². The summed E-state index contributed by atoms with van der Waals surface area (Å²) in [5, 5.41) is 3.24. The Hall–Kier alpha value is -3.71. The summed E-state index contributed by atoms with van der Waals surface area (Å²) in [6.45, 7) is 3.53. The van der Waals surface area contributed by atoms with E-state index < -0.39 is 0 Å². The maximum atomic E-state index is 13.2. The molecule has 3 aromatic rings. The molecule has 0 saturated carbocycles. The molecule has 0 spiro atoms. The molecule has 1 aliphatic heterocycles. The van der Waals surface area contributed by atoms with Gasteiger partial charge in [0.25, 0.3) is 5.91 Å². The van der Waals surface area contributed by atoms with Gasteiger partial charge in [-0.2, -0.15) is 0 Å². The van der Waals surface area contributed by atoms with Crippen LogP contribution in [0.4, 0.5) is 5.82 Å². The number of rotatable bonds is 7. The lowest BCUT2D eigenvalue weighted by Gasteiger charge is -2.16. The summed E-state index contributed by atoms with van der Waals surface area (Å²) in [7, 11) is 3.53. The highest BCUT2D eigenvalue weighted by molar-refractivity contribution is 6.30. The summed E-state index contributed by atoms with van der Waals surface area (Å²) >= 11 is 5.88. The quantitative estimate of drug-likeness (QED) is 0.510. The van der Waals surface area contributed by atoms with E-state index in [1.54, 1.807) is 30.3 Å². The number of likely N-dealkylation sites (N-methyl/N-ethyl adjacent to an activating group) is 1. The molecule has 0 unspecified atom stereocenters. The monoisotopic (exact) mass is 476 g/mol. The zero-order chi connectivity index (χ0) is 24.2. The third-order valence-corrected chi connectivity index (χ3v) is 5.87. The molecule has 1 amide bonds. The average molecular weight is 477 g/mol. The largest absolute Gasteiger partial charge is 0.496 e. The number of nitrogens with zero attached hydrogens (tertiary/aromatic N) is 3. The van der Waals surface area contributed by atoms with Crippen LogP contribution in [0.3, 0.4) is 0 Å². The minimum atomic E-state index is -0.378. The van der Waals surface area contributed by atoms with Gasteiger partial charge in [0.2, 0.25) is 0 Å². The number of aliphatic imine (C=N–C) groups is 1. The SMILES string of the molecule is COc1cc(C)cc(C(=O)Nc2ccc(Cl)cn2)c1CC(=O)c1ccc(C2=NCCN2C)cc1. The molecule has 0 fully saturated rings. The molecule has 174 valence electrons. The average Bonchev–Trinajstić information content (AvgIpc) is 3.27. The van der Waals surface area contributed by atoms with E-state index in [2.05, 4.69) is 20.2 Å². The lowest BCUT2D eigenvalue weighted by atomic mass is 9.95. The number of anilines is 1. The van der Waals surface area contributed by atoms with Gasteiger partial charge in [-0.1, -0.05) is 35.9 Å². The summed E-state index contributed by atoms with van der Waals surface area (Å²) in [5.41, 5.74) is 3.25. The summed E-state index contributed by atoms with van der Waals surface area (Å²) < 4.78 is 5.53. The van der Waals surface area contributed by atoms with Crippen molar-refractivity contribution in [3.8, 4) is 5.75 Å². The van der Waals surface area contributed by atoms with Crippen molar-refractivity contribution >= 4 is 34.9 Å². The molecule has 2 aromatic carbocycles. The number of hydrogen-bond donors (Lipinski definition) is 1. The van der Waals surface area contributed by atoms with E-state index in [1.165, 1.54) is 13.3 Å². The van der Waals surface area contributed by atoms with Crippen LogP contribution in [0, 0.1) is 6.92 Å². The highest BCUT2D eigenvalue weighted by Crippen LogP contribution is 2.27. The first kappa shape index (κ1) is 23.4. The topological polar surface area (TPSA) is 83.9 Å². The van der Waals surface area contributed by atoms with E-state index >= 15 is 0 Å². The van der Waals surface area contributed by atoms with E-state index in [-0.39, 0.29) is 18.1 Å². The van der Waals surface area contributed by atoms with Crippen molar-refractivity contribution in [3.63, 3.8) is 0 Å². The molecule has 0 aliphatic carbocycles. The maximum Gasteiger partial charge on any atom is 0.257 e. The van der Waals surface area contributed by atoms with Gasteiger partial charge in [0.1, 0.15) is 17.4 Å². The third kappa shape index (κ3) is 5.10. The first-order chi connectivity index (χ1) is 16.4. The Morgan fingerprint density at radius 3 is 2.53 bits per heavy atom. The number of benzene rings is 2.